The van der Waals surface area contributed by atoms with Gasteiger partial charge < -0.3 is 19.7 Å². The summed E-state index contributed by atoms with van der Waals surface area (Å²) in [6, 6.07) is 7.64. The van der Waals surface area contributed by atoms with Crippen molar-refractivity contribution in [2.75, 3.05) is 19.0 Å². The fourth-order valence-corrected chi connectivity index (χ4v) is 3.59. The molecule has 2 N–H and O–H groups in total. The van der Waals surface area contributed by atoms with Gasteiger partial charge in [0.2, 0.25) is 0 Å². The lowest BCUT2D eigenvalue weighted by Crippen LogP contribution is -2.32. The van der Waals surface area contributed by atoms with Crippen LogP contribution < -0.4 is 10.9 Å². The first kappa shape index (κ1) is 19.4. The van der Waals surface area contributed by atoms with E-state index in [0.717, 1.165) is 17.5 Å². The molecular formula is C20H27N3O4. The minimum Gasteiger partial charge on any atom is -0.469 e. The molecule has 7 heteroatoms. The highest BCUT2D eigenvalue weighted by Crippen LogP contribution is 2.34. The second-order valence-corrected chi connectivity index (χ2v) is 7.32. The molecule has 1 unspecified atom stereocenters. The number of aliphatic hydroxyl groups is 1. The molecule has 1 saturated carbocycles. The number of aliphatic hydroxyl groups excluding tert-OH is 1. The Morgan fingerprint density at radius 1 is 1.41 bits per heavy atom. The number of fused-ring (bicyclic) bond motifs is 1. The monoisotopic (exact) mass is 373 g/mol. The fraction of sp³-hybridized carbons (Fsp3) is 0.550. The van der Waals surface area contributed by atoms with Crippen molar-refractivity contribution in [2.24, 2.45) is 5.92 Å². The van der Waals surface area contributed by atoms with Gasteiger partial charge >= 0.3 is 5.97 Å². The zero-order valence-corrected chi connectivity index (χ0v) is 15.9. The Bertz CT molecular complexity index is 860. The summed E-state index contributed by atoms with van der Waals surface area (Å²) in [7, 11) is 1.27. The number of ether oxygens (including phenoxy) is 1. The average Bonchev–Trinajstić information content (AvgIpc) is 2.62. The summed E-state index contributed by atoms with van der Waals surface area (Å²) in [5.41, 5.74) is 1.34. The SMILES string of the molecule is COC(=O)CC(O)CNc1nc2ccccc2n([C@@H](C)CC2CCC2)c1=O. The molecule has 2 aromatic rings. The van der Waals surface area contributed by atoms with Crippen molar-refractivity contribution >= 4 is 22.8 Å². The number of esters is 1. The summed E-state index contributed by atoms with van der Waals surface area (Å²) in [4.78, 5) is 28.8. The highest BCUT2D eigenvalue weighted by molar-refractivity contribution is 5.76. The third-order valence-electron chi connectivity index (χ3n) is 5.27. The zero-order valence-electron chi connectivity index (χ0n) is 15.9. The quantitative estimate of drug-likeness (QED) is 0.691. The molecule has 0 spiro atoms. The number of carbonyl (C=O) groups is 1. The van der Waals surface area contributed by atoms with Crippen LogP contribution in [0.2, 0.25) is 0 Å². The molecule has 0 radical (unpaired) electrons. The maximum Gasteiger partial charge on any atom is 0.308 e. The van der Waals surface area contributed by atoms with E-state index >= 15 is 0 Å². The second kappa shape index (κ2) is 8.52. The molecular weight excluding hydrogens is 346 g/mol. The van der Waals surface area contributed by atoms with Crippen molar-refractivity contribution in [2.45, 2.75) is 51.2 Å². The number of nitrogens with zero attached hydrogens (tertiary/aromatic N) is 2. The molecule has 1 aromatic carbocycles. The van der Waals surface area contributed by atoms with Gasteiger partial charge in [-0.1, -0.05) is 31.4 Å². The van der Waals surface area contributed by atoms with Crippen molar-refractivity contribution in [3.05, 3.63) is 34.6 Å². The maximum absolute atomic E-state index is 13.1. The molecule has 1 heterocycles. The Hall–Kier alpha value is -2.41. The normalized spacial score (nSPS) is 16.6. The van der Waals surface area contributed by atoms with E-state index in [-0.39, 0.29) is 30.4 Å². The molecule has 1 aromatic heterocycles. The van der Waals surface area contributed by atoms with Crippen LogP contribution in [0.15, 0.2) is 29.1 Å². The van der Waals surface area contributed by atoms with Crippen molar-refractivity contribution in [1.82, 2.24) is 9.55 Å². The van der Waals surface area contributed by atoms with Gasteiger partial charge in [0.1, 0.15) is 0 Å². The molecule has 3 rings (SSSR count). The van der Waals surface area contributed by atoms with Crippen LogP contribution in [0, 0.1) is 5.92 Å². The van der Waals surface area contributed by atoms with Gasteiger partial charge in [0.05, 0.1) is 30.7 Å². The minimum absolute atomic E-state index is 0.0483. The van der Waals surface area contributed by atoms with E-state index in [2.05, 4.69) is 22.0 Å². The standard InChI is InChI=1S/C20H27N3O4/c1-13(10-14-6-5-7-14)23-17-9-4-3-8-16(17)22-19(20(23)26)21-12-15(24)11-18(25)27-2/h3-4,8-9,13-15,24H,5-7,10-12H2,1-2H3,(H,21,22)/t13-,15?/m0/s1. The van der Waals surface area contributed by atoms with Crippen molar-refractivity contribution in [1.29, 1.82) is 0 Å². The Morgan fingerprint density at radius 3 is 2.81 bits per heavy atom. The number of hydrogen-bond acceptors (Lipinski definition) is 6. The molecule has 27 heavy (non-hydrogen) atoms. The lowest BCUT2D eigenvalue weighted by Gasteiger charge is -2.29. The smallest absolute Gasteiger partial charge is 0.308 e. The van der Waals surface area contributed by atoms with Crippen LogP contribution in [0.4, 0.5) is 5.82 Å². The Kier molecular flexibility index (Phi) is 6.11. The molecule has 0 bridgehead atoms. The molecule has 1 aliphatic rings. The van der Waals surface area contributed by atoms with Crippen LogP contribution >= 0.6 is 0 Å². The van der Waals surface area contributed by atoms with Gasteiger partial charge in [-0.25, -0.2) is 4.98 Å². The number of aromatic nitrogens is 2. The number of benzene rings is 1. The van der Waals surface area contributed by atoms with Crippen LogP contribution in [0.3, 0.4) is 0 Å². The van der Waals surface area contributed by atoms with E-state index in [9.17, 15) is 14.7 Å². The zero-order chi connectivity index (χ0) is 19.4. The van der Waals surface area contributed by atoms with Crippen LogP contribution in [0.25, 0.3) is 11.0 Å². The van der Waals surface area contributed by atoms with Crippen LogP contribution in [-0.2, 0) is 9.53 Å². The highest BCUT2D eigenvalue weighted by atomic mass is 16.5. The summed E-state index contributed by atoms with van der Waals surface area (Å²) in [6.07, 6.45) is 3.61. The third-order valence-corrected chi connectivity index (χ3v) is 5.27. The van der Waals surface area contributed by atoms with Gasteiger partial charge in [-0.3, -0.25) is 9.59 Å². The summed E-state index contributed by atoms with van der Waals surface area (Å²) in [6.45, 7) is 2.12. The van der Waals surface area contributed by atoms with Crippen molar-refractivity contribution < 1.29 is 14.6 Å². The summed E-state index contributed by atoms with van der Waals surface area (Å²) in [5.74, 6) is 0.373. The topological polar surface area (TPSA) is 93.4 Å². The molecule has 2 atom stereocenters. The van der Waals surface area contributed by atoms with E-state index in [1.54, 1.807) is 4.57 Å². The largest absolute Gasteiger partial charge is 0.469 e. The molecule has 0 saturated heterocycles. The number of carbonyl (C=O) groups excluding carboxylic acids is 1. The molecule has 1 fully saturated rings. The number of nitrogens with one attached hydrogen (secondary N) is 1. The van der Waals surface area contributed by atoms with Gasteiger partial charge in [0, 0.05) is 12.6 Å². The third kappa shape index (κ3) is 4.47. The highest BCUT2D eigenvalue weighted by Gasteiger charge is 2.23. The lowest BCUT2D eigenvalue weighted by molar-refractivity contribution is -0.142. The van der Waals surface area contributed by atoms with Gasteiger partial charge in [-0.15, -0.1) is 0 Å². The van der Waals surface area contributed by atoms with E-state index in [1.807, 2.05) is 24.3 Å². The van der Waals surface area contributed by atoms with Gasteiger partial charge in [0.25, 0.3) is 5.56 Å². The average molecular weight is 373 g/mol. The molecule has 1 aliphatic carbocycles. The Morgan fingerprint density at radius 2 is 2.15 bits per heavy atom. The van der Waals surface area contributed by atoms with Gasteiger partial charge in [-0.2, -0.15) is 0 Å². The minimum atomic E-state index is -0.953. The predicted octanol–water partition coefficient (Wildman–Crippen LogP) is 2.48. The van der Waals surface area contributed by atoms with E-state index in [1.165, 1.54) is 26.4 Å². The summed E-state index contributed by atoms with van der Waals surface area (Å²) >= 11 is 0. The number of para-hydroxylation sites is 2. The number of hydrogen-bond donors (Lipinski definition) is 2. The van der Waals surface area contributed by atoms with Gasteiger partial charge in [0.15, 0.2) is 5.82 Å². The maximum atomic E-state index is 13.1. The number of rotatable bonds is 8. The first-order valence-electron chi connectivity index (χ1n) is 9.49. The number of methoxy groups -OCH3 is 1. The van der Waals surface area contributed by atoms with Crippen LogP contribution in [-0.4, -0.2) is 40.4 Å². The molecule has 146 valence electrons. The predicted molar refractivity (Wildman–Crippen MR) is 104 cm³/mol. The van der Waals surface area contributed by atoms with Crippen LogP contribution in [0.5, 0.6) is 0 Å². The van der Waals surface area contributed by atoms with Crippen LogP contribution in [0.1, 0.15) is 45.1 Å². The van der Waals surface area contributed by atoms with Gasteiger partial charge in [-0.05, 0) is 31.4 Å². The first-order chi connectivity index (χ1) is 13.0. The summed E-state index contributed by atoms with van der Waals surface area (Å²) in [5, 5.41) is 12.9. The Labute approximate surface area is 158 Å². The van der Waals surface area contributed by atoms with E-state index in [4.69, 9.17) is 0 Å². The molecule has 0 amide bonds. The molecule has 7 nitrogen and oxygen atoms in total. The van der Waals surface area contributed by atoms with E-state index < -0.39 is 12.1 Å². The number of anilines is 1. The Balaban J connectivity index is 1.86. The lowest BCUT2D eigenvalue weighted by atomic mass is 9.81. The van der Waals surface area contributed by atoms with Crippen molar-refractivity contribution in [3.8, 4) is 0 Å². The first-order valence-corrected chi connectivity index (χ1v) is 9.49. The van der Waals surface area contributed by atoms with Crippen molar-refractivity contribution in [3.63, 3.8) is 0 Å². The van der Waals surface area contributed by atoms with E-state index in [0.29, 0.717) is 5.92 Å². The molecule has 0 aliphatic heterocycles. The second-order valence-electron chi connectivity index (χ2n) is 7.32. The summed E-state index contributed by atoms with van der Waals surface area (Å²) < 4.78 is 6.35. The fourth-order valence-electron chi connectivity index (χ4n) is 3.59.